The third-order valence-electron chi connectivity index (χ3n) is 6.15. The second-order valence-corrected chi connectivity index (χ2v) is 8.12. The third kappa shape index (κ3) is 3.37. The molecule has 1 unspecified atom stereocenters. The minimum Gasteiger partial charge on any atom is -0.497 e. The van der Waals surface area contributed by atoms with Crippen LogP contribution in [0.25, 0.3) is 16.6 Å². The first-order valence-corrected chi connectivity index (χ1v) is 10.6. The lowest BCUT2D eigenvalue weighted by molar-refractivity contribution is 0.0703. The van der Waals surface area contributed by atoms with Gasteiger partial charge in [0.25, 0.3) is 11.7 Å². The second kappa shape index (κ2) is 8.03. The van der Waals surface area contributed by atoms with Crippen LogP contribution in [-0.2, 0) is 0 Å². The number of nitrogens with zero attached hydrogens (tertiary/aromatic N) is 5. The van der Waals surface area contributed by atoms with Crippen LogP contribution in [0.15, 0.2) is 42.7 Å². The molecule has 0 bridgehead atoms. The van der Waals surface area contributed by atoms with Crippen molar-refractivity contribution in [3.8, 4) is 5.75 Å². The standard InChI is InChI=1S/C24H23N5O3/c1-15-10-22(29-24(27-15)25-14-26-29)17-4-3-9-28(12-17)23(31)20-7-5-16-11-18(32-2)6-8-19(16)21(20)13-30/h5-8,10-11,13-14,17H,3-4,9,12H2,1-2H3. The minimum atomic E-state index is -0.130. The smallest absolute Gasteiger partial charge is 0.254 e. The summed E-state index contributed by atoms with van der Waals surface area (Å²) < 4.78 is 7.03. The lowest BCUT2D eigenvalue weighted by Gasteiger charge is -2.33. The number of carbonyl (C=O) groups is 2. The summed E-state index contributed by atoms with van der Waals surface area (Å²) in [5, 5.41) is 5.93. The lowest BCUT2D eigenvalue weighted by atomic mass is 9.92. The van der Waals surface area contributed by atoms with Crippen molar-refractivity contribution in [3.05, 3.63) is 65.2 Å². The van der Waals surface area contributed by atoms with Gasteiger partial charge in [0, 0.05) is 30.3 Å². The van der Waals surface area contributed by atoms with Gasteiger partial charge in [-0.25, -0.2) is 9.50 Å². The van der Waals surface area contributed by atoms with Gasteiger partial charge in [0.2, 0.25) is 0 Å². The van der Waals surface area contributed by atoms with Crippen molar-refractivity contribution >= 4 is 28.7 Å². The molecule has 0 N–H and O–H groups in total. The first kappa shape index (κ1) is 20.1. The predicted molar refractivity (Wildman–Crippen MR) is 119 cm³/mol. The molecule has 1 aliphatic rings. The molecule has 0 radical (unpaired) electrons. The van der Waals surface area contributed by atoms with Crippen molar-refractivity contribution in [1.29, 1.82) is 0 Å². The van der Waals surface area contributed by atoms with E-state index in [1.807, 2.05) is 36.1 Å². The third-order valence-corrected chi connectivity index (χ3v) is 6.15. The van der Waals surface area contributed by atoms with Crippen LogP contribution in [0.4, 0.5) is 0 Å². The molecule has 2 aromatic heterocycles. The molecule has 5 rings (SSSR count). The Morgan fingerprint density at radius 2 is 2.09 bits per heavy atom. The topological polar surface area (TPSA) is 89.7 Å². The molecule has 3 heterocycles. The van der Waals surface area contributed by atoms with Crippen molar-refractivity contribution in [1.82, 2.24) is 24.5 Å². The molecule has 162 valence electrons. The molecule has 1 fully saturated rings. The first-order valence-electron chi connectivity index (χ1n) is 10.6. The van der Waals surface area contributed by atoms with Gasteiger partial charge in [-0.15, -0.1) is 0 Å². The zero-order chi connectivity index (χ0) is 22.2. The quantitative estimate of drug-likeness (QED) is 0.462. The molecule has 8 nitrogen and oxygen atoms in total. The second-order valence-electron chi connectivity index (χ2n) is 8.12. The Hall–Kier alpha value is -3.81. The zero-order valence-corrected chi connectivity index (χ0v) is 18.0. The van der Waals surface area contributed by atoms with Crippen LogP contribution in [0.1, 0.15) is 50.9 Å². The summed E-state index contributed by atoms with van der Waals surface area (Å²) in [5.74, 6) is 1.26. The van der Waals surface area contributed by atoms with Gasteiger partial charge in [-0.05, 0) is 60.9 Å². The summed E-state index contributed by atoms with van der Waals surface area (Å²) in [5.41, 5.74) is 2.71. The van der Waals surface area contributed by atoms with Crippen LogP contribution < -0.4 is 4.74 Å². The number of carbonyl (C=O) groups excluding carboxylic acids is 2. The molecular weight excluding hydrogens is 406 g/mol. The number of aldehydes is 1. The van der Waals surface area contributed by atoms with E-state index in [2.05, 4.69) is 15.1 Å². The number of rotatable bonds is 4. The fraction of sp³-hybridized carbons (Fsp3) is 0.292. The van der Waals surface area contributed by atoms with E-state index in [0.717, 1.165) is 41.3 Å². The monoisotopic (exact) mass is 429 g/mol. The van der Waals surface area contributed by atoms with E-state index in [0.29, 0.717) is 35.7 Å². The molecule has 2 aromatic carbocycles. The summed E-state index contributed by atoms with van der Waals surface area (Å²) in [7, 11) is 1.60. The Morgan fingerprint density at radius 3 is 2.91 bits per heavy atom. The lowest BCUT2D eigenvalue weighted by Crippen LogP contribution is -2.40. The SMILES string of the molecule is COc1ccc2c(C=O)c(C(=O)N3CCCC(c4cc(C)nc5ncnn45)C3)ccc2c1. The molecule has 1 aliphatic heterocycles. The van der Waals surface area contributed by atoms with Crippen LogP contribution in [0.5, 0.6) is 5.75 Å². The maximum Gasteiger partial charge on any atom is 0.254 e. The highest BCUT2D eigenvalue weighted by atomic mass is 16.5. The number of aryl methyl sites for hydroxylation is 1. The Balaban J connectivity index is 1.48. The van der Waals surface area contributed by atoms with E-state index in [1.54, 1.807) is 23.8 Å². The number of methoxy groups -OCH3 is 1. The van der Waals surface area contributed by atoms with Crippen molar-refractivity contribution in [2.24, 2.45) is 0 Å². The molecule has 1 amide bonds. The average molecular weight is 429 g/mol. The van der Waals surface area contributed by atoms with E-state index in [4.69, 9.17) is 4.74 Å². The fourth-order valence-electron chi connectivity index (χ4n) is 4.60. The van der Waals surface area contributed by atoms with E-state index < -0.39 is 0 Å². The molecule has 0 saturated carbocycles. The molecule has 0 aliphatic carbocycles. The Morgan fingerprint density at radius 1 is 1.22 bits per heavy atom. The molecule has 1 saturated heterocycles. The van der Waals surface area contributed by atoms with Crippen molar-refractivity contribution in [3.63, 3.8) is 0 Å². The number of benzene rings is 2. The number of hydrogen-bond acceptors (Lipinski definition) is 6. The number of hydrogen-bond donors (Lipinski definition) is 0. The first-order chi connectivity index (χ1) is 15.6. The van der Waals surface area contributed by atoms with E-state index in [-0.39, 0.29) is 11.8 Å². The van der Waals surface area contributed by atoms with E-state index in [9.17, 15) is 9.59 Å². The van der Waals surface area contributed by atoms with Gasteiger partial charge in [-0.3, -0.25) is 9.59 Å². The highest BCUT2D eigenvalue weighted by molar-refractivity contribution is 6.10. The molecule has 4 aromatic rings. The van der Waals surface area contributed by atoms with Crippen LogP contribution in [0, 0.1) is 6.92 Å². The number of aromatic nitrogens is 4. The van der Waals surface area contributed by atoms with Gasteiger partial charge in [0.05, 0.1) is 18.4 Å². The summed E-state index contributed by atoms with van der Waals surface area (Å²) in [6.45, 7) is 3.14. The normalized spacial score (nSPS) is 16.4. The molecule has 8 heteroatoms. The number of piperidine rings is 1. The van der Waals surface area contributed by atoms with E-state index >= 15 is 0 Å². The zero-order valence-electron chi connectivity index (χ0n) is 18.0. The summed E-state index contributed by atoms with van der Waals surface area (Å²) in [6.07, 6.45) is 4.08. The molecular formula is C24H23N5O3. The van der Waals surface area contributed by atoms with Gasteiger partial charge < -0.3 is 9.64 Å². The summed E-state index contributed by atoms with van der Waals surface area (Å²) in [4.78, 5) is 36.0. The highest BCUT2D eigenvalue weighted by Crippen LogP contribution is 2.30. The number of fused-ring (bicyclic) bond motifs is 2. The summed E-state index contributed by atoms with van der Waals surface area (Å²) in [6, 6.07) is 11.1. The maximum absolute atomic E-state index is 13.5. The van der Waals surface area contributed by atoms with Gasteiger partial charge in [0.15, 0.2) is 6.29 Å². The average Bonchev–Trinajstić information content (AvgIpc) is 3.30. The van der Waals surface area contributed by atoms with Gasteiger partial charge in [0.1, 0.15) is 12.1 Å². The van der Waals surface area contributed by atoms with Crippen LogP contribution >= 0.6 is 0 Å². The van der Waals surface area contributed by atoms with Crippen molar-refractivity contribution in [2.45, 2.75) is 25.7 Å². The van der Waals surface area contributed by atoms with Crippen LogP contribution in [0.2, 0.25) is 0 Å². The predicted octanol–water partition coefficient (Wildman–Crippen LogP) is 3.43. The number of likely N-dealkylation sites (tertiary alicyclic amines) is 1. The molecule has 0 spiro atoms. The Kier molecular flexibility index (Phi) is 5.05. The fourth-order valence-corrected chi connectivity index (χ4v) is 4.60. The van der Waals surface area contributed by atoms with Gasteiger partial charge in [-0.2, -0.15) is 10.1 Å². The Labute approximate surface area is 184 Å². The number of amides is 1. The Bertz CT molecular complexity index is 1350. The van der Waals surface area contributed by atoms with Crippen LogP contribution in [-0.4, -0.2) is 56.9 Å². The minimum absolute atomic E-state index is 0.114. The highest BCUT2D eigenvalue weighted by Gasteiger charge is 2.29. The molecule has 1 atom stereocenters. The van der Waals surface area contributed by atoms with Crippen LogP contribution in [0.3, 0.4) is 0 Å². The molecule has 32 heavy (non-hydrogen) atoms. The maximum atomic E-state index is 13.5. The van der Waals surface area contributed by atoms with Crippen molar-refractivity contribution in [2.75, 3.05) is 20.2 Å². The van der Waals surface area contributed by atoms with Gasteiger partial charge in [-0.1, -0.05) is 6.07 Å². The number of ether oxygens (including phenoxy) is 1. The van der Waals surface area contributed by atoms with Gasteiger partial charge >= 0.3 is 0 Å². The van der Waals surface area contributed by atoms with Crippen molar-refractivity contribution < 1.29 is 14.3 Å². The largest absolute Gasteiger partial charge is 0.497 e. The summed E-state index contributed by atoms with van der Waals surface area (Å²) >= 11 is 0. The van der Waals surface area contributed by atoms with E-state index in [1.165, 1.54) is 6.33 Å².